The van der Waals surface area contributed by atoms with Crippen LogP contribution in [0.2, 0.25) is 0 Å². The van der Waals surface area contributed by atoms with Crippen LogP contribution >= 0.6 is 27.7 Å². The average Bonchev–Trinajstić information content (AvgIpc) is 3.44. The number of fused-ring (bicyclic) bond motifs is 1. The summed E-state index contributed by atoms with van der Waals surface area (Å²) in [6.07, 6.45) is 2.86. The number of hydrogen-bond donors (Lipinski definition) is 2. The van der Waals surface area contributed by atoms with Crippen molar-refractivity contribution < 1.29 is 19.0 Å². The van der Waals surface area contributed by atoms with Gasteiger partial charge in [0, 0.05) is 15.7 Å². The summed E-state index contributed by atoms with van der Waals surface area (Å²) in [5.41, 5.74) is 3.79. The number of anilines is 1. The van der Waals surface area contributed by atoms with E-state index >= 15 is 0 Å². The molecule has 1 atom stereocenters. The standard InChI is InChI=1S/C26H23BrN2O4S/c1-2-16-3-7-20(8-4-16)28-26-29-25(30)24(34-26)13-18-12-19(27)6-10-21(18)31-14-17-5-9-22-23(11-17)33-15-32-22/h3-13,26,28H,2,14-15H2,1H3,(H,29,30)/b24-13-/t26-/m1/s1. The Morgan fingerprint density at radius 3 is 2.71 bits per heavy atom. The number of benzene rings is 3. The van der Waals surface area contributed by atoms with Crippen molar-refractivity contribution in [2.24, 2.45) is 0 Å². The van der Waals surface area contributed by atoms with Crippen LogP contribution < -0.4 is 24.8 Å². The highest BCUT2D eigenvalue weighted by atomic mass is 79.9. The quantitative estimate of drug-likeness (QED) is 0.364. The van der Waals surface area contributed by atoms with Crippen LogP contribution in [-0.2, 0) is 17.8 Å². The molecule has 1 fully saturated rings. The number of nitrogens with one attached hydrogen (secondary N) is 2. The smallest absolute Gasteiger partial charge is 0.260 e. The summed E-state index contributed by atoms with van der Waals surface area (Å²) in [7, 11) is 0. The number of hydrogen-bond acceptors (Lipinski definition) is 6. The van der Waals surface area contributed by atoms with Gasteiger partial charge >= 0.3 is 0 Å². The molecule has 1 amide bonds. The van der Waals surface area contributed by atoms with Gasteiger partial charge in [-0.05, 0) is 66.1 Å². The minimum absolute atomic E-state index is 0.116. The highest BCUT2D eigenvalue weighted by Gasteiger charge is 2.27. The van der Waals surface area contributed by atoms with Gasteiger partial charge in [0.2, 0.25) is 6.79 Å². The number of halogens is 1. The molecule has 2 heterocycles. The average molecular weight is 539 g/mol. The second-order valence-electron chi connectivity index (χ2n) is 7.83. The van der Waals surface area contributed by atoms with Crippen LogP contribution in [0.15, 0.2) is 70.0 Å². The fourth-order valence-electron chi connectivity index (χ4n) is 3.65. The molecule has 6 nitrogen and oxygen atoms in total. The number of thioether (sulfide) groups is 1. The zero-order chi connectivity index (χ0) is 23.5. The molecule has 0 aliphatic carbocycles. The van der Waals surface area contributed by atoms with E-state index in [1.165, 1.54) is 17.3 Å². The van der Waals surface area contributed by atoms with Gasteiger partial charge in [0.1, 0.15) is 12.4 Å². The van der Waals surface area contributed by atoms with E-state index in [0.29, 0.717) is 17.3 Å². The molecule has 0 unspecified atom stereocenters. The van der Waals surface area contributed by atoms with Gasteiger partial charge in [0.15, 0.2) is 17.0 Å². The lowest BCUT2D eigenvalue weighted by Gasteiger charge is -2.13. The number of aryl methyl sites for hydroxylation is 1. The Kier molecular flexibility index (Phi) is 6.69. The van der Waals surface area contributed by atoms with Gasteiger partial charge in [-0.15, -0.1) is 0 Å². The molecule has 2 aliphatic rings. The fraction of sp³-hybridized carbons (Fsp3) is 0.192. The van der Waals surface area contributed by atoms with Crippen molar-refractivity contribution in [3.8, 4) is 17.2 Å². The minimum Gasteiger partial charge on any atom is -0.488 e. The van der Waals surface area contributed by atoms with Crippen molar-refractivity contribution in [3.05, 3.63) is 86.7 Å². The zero-order valence-electron chi connectivity index (χ0n) is 18.5. The highest BCUT2D eigenvalue weighted by Crippen LogP contribution is 2.35. The summed E-state index contributed by atoms with van der Waals surface area (Å²) in [6.45, 7) is 2.73. The zero-order valence-corrected chi connectivity index (χ0v) is 20.9. The van der Waals surface area contributed by atoms with E-state index in [0.717, 1.165) is 39.2 Å². The molecule has 2 N–H and O–H groups in total. The maximum Gasteiger partial charge on any atom is 0.260 e. The van der Waals surface area contributed by atoms with Gasteiger partial charge in [-0.25, -0.2) is 0 Å². The van der Waals surface area contributed by atoms with E-state index in [1.54, 1.807) is 0 Å². The summed E-state index contributed by atoms with van der Waals surface area (Å²) >= 11 is 4.97. The Bertz CT molecular complexity index is 1250. The molecule has 34 heavy (non-hydrogen) atoms. The number of rotatable bonds is 7. The van der Waals surface area contributed by atoms with Crippen LogP contribution in [0, 0.1) is 0 Å². The maximum absolute atomic E-state index is 12.6. The summed E-state index contributed by atoms with van der Waals surface area (Å²) in [5, 5.41) is 6.34. The predicted octanol–water partition coefficient (Wildman–Crippen LogP) is 5.92. The maximum atomic E-state index is 12.6. The summed E-state index contributed by atoms with van der Waals surface area (Å²) < 4.78 is 17.8. The number of carbonyl (C=O) groups is 1. The number of amides is 1. The topological polar surface area (TPSA) is 68.8 Å². The minimum atomic E-state index is -0.239. The Labute approximate surface area is 210 Å². The first-order valence-corrected chi connectivity index (χ1v) is 12.6. The summed E-state index contributed by atoms with van der Waals surface area (Å²) in [5.74, 6) is 2.04. The van der Waals surface area contributed by atoms with Crippen LogP contribution in [0.25, 0.3) is 6.08 Å². The van der Waals surface area contributed by atoms with E-state index in [4.69, 9.17) is 14.2 Å². The molecule has 3 aromatic carbocycles. The largest absolute Gasteiger partial charge is 0.488 e. The van der Waals surface area contributed by atoms with E-state index in [1.807, 2.05) is 54.6 Å². The Morgan fingerprint density at radius 1 is 1.09 bits per heavy atom. The molecule has 1 saturated heterocycles. The van der Waals surface area contributed by atoms with Gasteiger partial charge < -0.3 is 24.8 Å². The lowest BCUT2D eigenvalue weighted by atomic mass is 10.1. The van der Waals surface area contributed by atoms with Crippen LogP contribution in [-0.4, -0.2) is 18.2 Å². The molecule has 0 spiro atoms. The second kappa shape index (κ2) is 10.0. The summed E-state index contributed by atoms with van der Waals surface area (Å²) in [4.78, 5) is 13.3. The van der Waals surface area contributed by atoms with Crippen molar-refractivity contribution >= 4 is 45.4 Å². The normalized spacial score (nSPS) is 17.6. The van der Waals surface area contributed by atoms with E-state index < -0.39 is 0 Å². The highest BCUT2D eigenvalue weighted by molar-refractivity contribution is 9.10. The number of carbonyl (C=O) groups excluding carboxylic acids is 1. The molecular weight excluding hydrogens is 516 g/mol. The van der Waals surface area contributed by atoms with Crippen LogP contribution in [0.5, 0.6) is 17.2 Å². The van der Waals surface area contributed by atoms with Gasteiger partial charge in [0.25, 0.3) is 5.91 Å². The monoisotopic (exact) mass is 538 g/mol. The molecule has 0 bridgehead atoms. The Balaban J connectivity index is 1.29. The van der Waals surface area contributed by atoms with Crippen LogP contribution in [0.1, 0.15) is 23.6 Å². The van der Waals surface area contributed by atoms with Crippen molar-refractivity contribution in [1.82, 2.24) is 5.32 Å². The van der Waals surface area contributed by atoms with E-state index in [9.17, 15) is 4.79 Å². The second-order valence-corrected chi connectivity index (χ2v) is 9.90. The van der Waals surface area contributed by atoms with Gasteiger partial charge in [0.05, 0.1) is 4.91 Å². The molecule has 0 radical (unpaired) electrons. The summed E-state index contributed by atoms with van der Waals surface area (Å²) in [6, 6.07) is 19.8. The molecule has 2 aliphatic heterocycles. The van der Waals surface area contributed by atoms with Gasteiger partial charge in [-0.2, -0.15) is 0 Å². The van der Waals surface area contributed by atoms with Gasteiger partial charge in [-0.1, -0.05) is 52.8 Å². The third-order valence-corrected chi connectivity index (χ3v) is 7.00. The predicted molar refractivity (Wildman–Crippen MR) is 138 cm³/mol. The molecule has 174 valence electrons. The van der Waals surface area contributed by atoms with Crippen LogP contribution in [0.4, 0.5) is 5.69 Å². The Morgan fingerprint density at radius 2 is 1.88 bits per heavy atom. The van der Waals surface area contributed by atoms with Crippen molar-refractivity contribution in [3.63, 3.8) is 0 Å². The van der Waals surface area contributed by atoms with Crippen molar-refractivity contribution in [1.29, 1.82) is 0 Å². The molecule has 8 heteroatoms. The molecule has 0 saturated carbocycles. The molecule has 3 aromatic rings. The first-order chi connectivity index (χ1) is 16.6. The van der Waals surface area contributed by atoms with E-state index in [-0.39, 0.29) is 18.2 Å². The Hall–Kier alpha value is -3.10. The lowest BCUT2D eigenvalue weighted by molar-refractivity contribution is -0.116. The third kappa shape index (κ3) is 5.18. The fourth-order valence-corrected chi connectivity index (χ4v) is 5.00. The van der Waals surface area contributed by atoms with Crippen molar-refractivity contribution in [2.45, 2.75) is 25.4 Å². The third-order valence-electron chi connectivity index (χ3n) is 5.48. The van der Waals surface area contributed by atoms with Crippen LogP contribution in [0.3, 0.4) is 0 Å². The molecule has 0 aromatic heterocycles. The molecule has 5 rings (SSSR count). The molecular formula is C26H23BrN2O4S. The first kappa shape index (κ1) is 22.7. The van der Waals surface area contributed by atoms with Crippen molar-refractivity contribution in [2.75, 3.05) is 12.1 Å². The van der Waals surface area contributed by atoms with E-state index in [2.05, 4.69) is 45.6 Å². The number of ether oxygens (including phenoxy) is 3. The SMILES string of the molecule is CCc1ccc(N[C@@H]2NC(=O)/C(=C/c3cc(Br)ccc3OCc3ccc4c(c3)OCO4)S2)cc1. The first-order valence-electron chi connectivity index (χ1n) is 10.9. The van der Waals surface area contributed by atoms with Gasteiger partial charge in [-0.3, -0.25) is 4.79 Å². The lowest BCUT2D eigenvalue weighted by Crippen LogP contribution is -2.30.